The first-order valence-corrected chi connectivity index (χ1v) is 5.38. The third-order valence-electron chi connectivity index (χ3n) is 1.49. The predicted octanol–water partition coefficient (Wildman–Crippen LogP) is 3.25. The van der Waals surface area contributed by atoms with Gasteiger partial charge in [0.25, 0.3) is 0 Å². The monoisotopic (exact) mass is 286 g/mol. The fourth-order valence-corrected chi connectivity index (χ4v) is 1.95. The number of phenols is 1. The van der Waals surface area contributed by atoms with Gasteiger partial charge in [-0.25, -0.2) is 0 Å². The summed E-state index contributed by atoms with van der Waals surface area (Å²) in [6.45, 7) is 0. The van der Waals surface area contributed by atoms with E-state index in [-0.39, 0.29) is 28.3 Å². The number of hydrogen-bond donors (Lipinski definition) is 3. The van der Waals surface area contributed by atoms with Crippen LogP contribution in [0.3, 0.4) is 0 Å². The molecular weight excluding hydrogens is 279 g/mol. The van der Waals surface area contributed by atoms with E-state index in [9.17, 15) is 5.11 Å². The van der Waals surface area contributed by atoms with E-state index < -0.39 is 0 Å². The van der Waals surface area contributed by atoms with Crippen LogP contribution in [0.5, 0.6) is 5.75 Å². The Morgan fingerprint density at radius 3 is 2.60 bits per heavy atom. The minimum atomic E-state index is -0.0134. The Balaban J connectivity index is 0.00000196. The van der Waals surface area contributed by atoms with Crippen LogP contribution in [0.4, 0.5) is 0 Å². The van der Waals surface area contributed by atoms with Gasteiger partial charge in [-0.3, -0.25) is 5.41 Å². The zero-order valence-corrected chi connectivity index (χ0v) is 10.6. The van der Waals surface area contributed by atoms with E-state index in [1.807, 2.05) is 0 Å². The number of benzene rings is 1. The highest BCUT2D eigenvalue weighted by Gasteiger charge is 2.08. The molecule has 3 nitrogen and oxygen atoms in total. The Bertz CT molecular complexity index is 373. The summed E-state index contributed by atoms with van der Waals surface area (Å²) >= 11 is 12.6. The Kier molecular flexibility index (Phi) is 6.20. The Hall–Kier alpha value is -0.290. The number of nitrogens with two attached hydrogens (primary N) is 1. The number of phenolic OH excluding ortho intramolecular Hbond substituents is 1. The van der Waals surface area contributed by atoms with Crippen LogP contribution in [0.25, 0.3) is 0 Å². The van der Waals surface area contributed by atoms with Crippen LogP contribution in [0.2, 0.25) is 10.0 Å². The molecule has 0 aliphatic heterocycles. The lowest BCUT2D eigenvalue weighted by molar-refractivity contribution is 0.471. The van der Waals surface area contributed by atoms with Crippen LogP contribution >= 0.6 is 47.4 Å². The van der Waals surface area contributed by atoms with Crippen molar-refractivity contribution in [3.63, 3.8) is 0 Å². The molecule has 7 heteroatoms. The van der Waals surface area contributed by atoms with Gasteiger partial charge in [0.1, 0.15) is 5.75 Å². The highest BCUT2D eigenvalue weighted by atomic mass is 35.5. The second-order valence-corrected chi connectivity index (χ2v) is 4.41. The van der Waals surface area contributed by atoms with Gasteiger partial charge in [-0.1, -0.05) is 35.0 Å². The summed E-state index contributed by atoms with van der Waals surface area (Å²) in [6, 6.07) is 3.05. The number of thioether (sulfide) groups is 1. The van der Waals surface area contributed by atoms with Crippen LogP contribution in [0.1, 0.15) is 5.56 Å². The standard InChI is InChI=1S/C8H8Cl2N2OS.ClH/c9-5-1-4(3-14-8(11)12)7(13)6(10)2-5;/h1-2,13H,3H2,(H3,11,12);1H. The fraction of sp³-hybridized carbons (Fsp3) is 0.125. The highest BCUT2D eigenvalue weighted by molar-refractivity contribution is 8.13. The molecule has 0 aliphatic carbocycles. The maximum Gasteiger partial charge on any atom is 0.151 e. The van der Waals surface area contributed by atoms with Crippen LogP contribution in [-0.2, 0) is 5.75 Å². The molecule has 0 bridgehead atoms. The Labute approximate surface area is 108 Å². The number of aromatic hydroxyl groups is 1. The zero-order valence-electron chi connectivity index (χ0n) is 7.46. The molecule has 1 aromatic rings. The SMILES string of the molecule is Cl.N=C(N)SCc1cc(Cl)cc(Cl)c1O. The lowest BCUT2D eigenvalue weighted by Crippen LogP contribution is -2.03. The molecule has 0 fully saturated rings. The quantitative estimate of drug-likeness (QED) is 0.577. The van der Waals surface area contributed by atoms with Gasteiger partial charge in [0.15, 0.2) is 5.17 Å². The van der Waals surface area contributed by atoms with Gasteiger partial charge in [-0.05, 0) is 12.1 Å². The number of hydrogen-bond acceptors (Lipinski definition) is 3. The number of nitrogens with one attached hydrogen (secondary N) is 1. The summed E-state index contributed by atoms with van der Waals surface area (Å²) in [6.07, 6.45) is 0. The smallest absolute Gasteiger partial charge is 0.151 e. The van der Waals surface area contributed by atoms with E-state index in [1.54, 1.807) is 6.07 Å². The van der Waals surface area contributed by atoms with Gasteiger partial charge in [-0.15, -0.1) is 12.4 Å². The summed E-state index contributed by atoms with van der Waals surface area (Å²) in [5.74, 6) is 0.367. The van der Waals surface area contributed by atoms with E-state index in [4.69, 9.17) is 34.3 Å². The first kappa shape index (κ1) is 14.7. The third kappa shape index (κ3) is 4.38. The first-order valence-electron chi connectivity index (χ1n) is 3.64. The second kappa shape index (κ2) is 6.33. The minimum absolute atomic E-state index is 0. The zero-order chi connectivity index (χ0) is 10.7. The van der Waals surface area contributed by atoms with Crippen molar-refractivity contribution in [2.45, 2.75) is 5.75 Å². The molecule has 0 saturated heterocycles. The van der Waals surface area contributed by atoms with Gasteiger partial charge in [0.2, 0.25) is 0 Å². The van der Waals surface area contributed by atoms with Crippen LogP contribution in [-0.4, -0.2) is 10.3 Å². The summed E-state index contributed by atoms with van der Waals surface area (Å²) in [7, 11) is 0. The molecule has 0 atom stereocenters. The molecule has 0 heterocycles. The van der Waals surface area contributed by atoms with Crippen LogP contribution in [0.15, 0.2) is 12.1 Å². The minimum Gasteiger partial charge on any atom is -0.506 e. The second-order valence-electron chi connectivity index (χ2n) is 2.55. The fourth-order valence-electron chi connectivity index (χ4n) is 0.885. The molecule has 0 unspecified atom stereocenters. The molecule has 15 heavy (non-hydrogen) atoms. The van der Waals surface area contributed by atoms with Crippen LogP contribution in [0, 0.1) is 5.41 Å². The van der Waals surface area contributed by atoms with Crippen molar-refractivity contribution < 1.29 is 5.11 Å². The molecule has 0 aromatic heterocycles. The topological polar surface area (TPSA) is 70.1 Å². The highest BCUT2D eigenvalue weighted by Crippen LogP contribution is 2.33. The molecular formula is C8H9Cl3N2OS. The van der Waals surface area contributed by atoms with Crippen molar-refractivity contribution >= 4 is 52.5 Å². The average Bonchev–Trinajstić information content (AvgIpc) is 2.08. The third-order valence-corrected chi connectivity index (χ3v) is 2.76. The van der Waals surface area contributed by atoms with Crippen LogP contribution < -0.4 is 5.73 Å². The maximum absolute atomic E-state index is 9.52. The summed E-state index contributed by atoms with van der Waals surface area (Å²) in [5, 5.41) is 17.2. The van der Waals surface area contributed by atoms with Gasteiger partial charge in [-0.2, -0.15) is 0 Å². The number of rotatable bonds is 2. The number of halogens is 3. The molecule has 1 rings (SSSR count). The van der Waals surface area contributed by atoms with Gasteiger partial charge in [0, 0.05) is 16.3 Å². The van der Waals surface area contributed by atoms with Crippen molar-refractivity contribution in [1.82, 2.24) is 0 Å². The normalized spacial score (nSPS) is 9.47. The van der Waals surface area contributed by atoms with Gasteiger partial charge in [0.05, 0.1) is 5.02 Å². The Morgan fingerprint density at radius 2 is 2.07 bits per heavy atom. The summed E-state index contributed by atoms with van der Waals surface area (Å²) in [4.78, 5) is 0. The van der Waals surface area contributed by atoms with Gasteiger partial charge >= 0.3 is 0 Å². The first-order chi connectivity index (χ1) is 6.50. The molecule has 0 aliphatic rings. The van der Waals surface area contributed by atoms with E-state index in [0.29, 0.717) is 16.3 Å². The van der Waals surface area contributed by atoms with Crippen molar-refractivity contribution in [2.24, 2.45) is 5.73 Å². The molecule has 0 saturated carbocycles. The van der Waals surface area contributed by atoms with Crippen molar-refractivity contribution in [1.29, 1.82) is 5.41 Å². The predicted molar refractivity (Wildman–Crippen MR) is 68.6 cm³/mol. The molecule has 0 spiro atoms. The average molecular weight is 288 g/mol. The van der Waals surface area contributed by atoms with Gasteiger partial charge < -0.3 is 10.8 Å². The Morgan fingerprint density at radius 1 is 1.47 bits per heavy atom. The maximum atomic E-state index is 9.52. The molecule has 1 aromatic carbocycles. The summed E-state index contributed by atoms with van der Waals surface area (Å²) in [5.41, 5.74) is 5.74. The molecule has 0 radical (unpaired) electrons. The molecule has 84 valence electrons. The number of amidine groups is 1. The lowest BCUT2D eigenvalue weighted by atomic mass is 10.2. The van der Waals surface area contributed by atoms with Crippen molar-refractivity contribution in [2.75, 3.05) is 0 Å². The lowest BCUT2D eigenvalue weighted by Gasteiger charge is -2.05. The largest absolute Gasteiger partial charge is 0.506 e. The van der Waals surface area contributed by atoms with E-state index >= 15 is 0 Å². The van der Waals surface area contributed by atoms with E-state index in [0.717, 1.165) is 11.8 Å². The summed E-state index contributed by atoms with van der Waals surface area (Å²) < 4.78 is 0. The molecule has 0 amide bonds. The van der Waals surface area contributed by atoms with E-state index in [1.165, 1.54) is 6.07 Å². The van der Waals surface area contributed by atoms with E-state index in [2.05, 4.69) is 0 Å². The molecule has 4 N–H and O–H groups in total. The van der Waals surface area contributed by atoms with Crippen molar-refractivity contribution in [3.05, 3.63) is 27.7 Å². The van der Waals surface area contributed by atoms with Crippen molar-refractivity contribution in [3.8, 4) is 5.75 Å².